The molecule has 0 aliphatic heterocycles. The summed E-state index contributed by atoms with van der Waals surface area (Å²) in [5, 5.41) is 2.96. The monoisotopic (exact) mass is 264 g/mol. The molecule has 1 amide bonds. The minimum Gasteiger partial charge on any atom is -0.497 e. The molecule has 0 heterocycles. The summed E-state index contributed by atoms with van der Waals surface area (Å²) in [6.07, 6.45) is 0.359. The summed E-state index contributed by atoms with van der Waals surface area (Å²) in [5.74, 6) is 1.11. The number of nitrogens with one attached hydrogen (secondary N) is 1. The van der Waals surface area contributed by atoms with Crippen molar-refractivity contribution in [1.29, 1.82) is 0 Å². The lowest BCUT2D eigenvalue weighted by molar-refractivity contribution is -0.122. The maximum Gasteiger partial charge on any atom is 0.222 e. The van der Waals surface area contributed by atoms with E-state index in [4.69, 9.17) is 10.5 Å². The Balaban J connectivity index is 2.53. The third-order valence-corrected chi connectivity index (χ3v) is 3.27. The van der Waals surface area contributed by atoms with Crippen LogP contribution in [0.3, 0.4) is 0 Å². The van der Waals surface area contributed by atoms with Crippen molar-refractivity contribution in [2.75, 3.05) is 7.11 Å². The van der Waals surface area contributed by atoms with Crippen LogP contribution >= 0.6 is 0 Å². The molecular formula is C15H24N2O2. The summed E-state index contributed by atoms with van der Waals surface area (Å²) in [5.41, 5.74) is 6.94. The second-order valence-electron chi connectivity index (χ2n) is 5.17. The van der Waals surface area contributed by atoms with Crippen molar-refractivity contribution in [3.63, 3.8) is 0 Å². The highest BCUT2D eigenvalue weighted by Gasteiger charge is 2.15. The molecular weight excluding hydrogens is 240 g/mol. The number of nitrogens with two attached hydrogens (primary N) is 1. The standard InChI is InChI=1S/C15H24N2O2/c1-10(2)14(16)9-15(18)17-11(3)12-5-7-13(19-4)8-6-12/h5-8,10-11,14H,9,16H2,1-4H3,(H,17,18). The van der Waals surface area contributed by atoms with E-state index in [9.17, 15) is 4.79 Å². The van der Waals surface area contributed by atoms with Crippen LogP contribution in [-0.4, -0.2) is 19.1 Å². The fraction of sp³-hybridized carbons (Fsp3) is 0.533. The Morgan fingerprint density at radius 3 is 2.32 bits per heavy atom. The lowest BCUT2D eigenvalue weighted by Gasteiger charge is -2.18. The Morgan fingerprint density at radius 2 is 1.84 bits per heavy atom. The zero-order valence-corrected chi connectivity index (χ0v) is 12.1. The Bertz CT molecular complexity index is 401. The fourth-order valence-corrected chi connectivity index (χ4v) is 1.73. The molecule has 0 aliphatic carbocycles. The molecule has 0 saturated carbocycles. The van der Waals surface area contributed by atoms with E-state index in [1.807, 2.05) is 45.0 Å². The average Bonchev–Trinajstić information content (AvgIpc) is 2.38. The van der Waals surface area contributed by atoms with E-state index in [0.29, 0.717) is 12.3 Å². The summed E-state index contributed by atoms with van der Waals surface area (Å²) < 4.78 is 5.11. The number of benzene rings is 1. The molecule has 0 spiro atoms. The zero-order valence-electron chi connectivity index (χ0n) is 12.1. The summed E-state index contributed by atoms with van der Waals surface area (Å²) in [4.78, 5) is 11.8. The van der Waals surface area contributed by atoms with Crippen LogP contribution in [0.4, 0.5) is 0 Å². The van der Waals surface area contributed by atoms with Gasteiger partial charge in [-0.3, -0.25) is 4.79 Å². The Hall–Kier alpha value is -1.55. The highest BCUT2D eigenvalue weighted by Crippen LogP contribution is 2.17. The summed E-state index contributed by atoms with van der Waals surface area (Å²) in [7, 11) is 1.63. The van der Waals surface area contributed by atoms with Gasteiger partial charge in [0.2, 0.25) is 5.91 Å². The van der Waals surface area contributed by atoms with Gasteiger partial charge in [-0.2, -0.15) is 0 Å². The van der Waals surface area contributed by atoms with Gasteiger partial charge in [0.25, 0.3) is 0 Å². The highest BCUT2D eigenvalue weighted by molar-refractivity contribution is 5.77. The van der Waals surface area contributed by atoms with Gasteiger partial charge in [0.05, 0.1) is 13.2 Å². The van der Waals surface area contributed by atoms with Crippen LogP contribution < -0.4 is 15.8 Å². The molecule has 4 heteroatoms. The van der Waals surface area contributed by atoms with Crippen LogP contribution in [0.5, 0.6) is 5.75 Å². The molecule has 1 aromatic carbocycles. The first-order chi connectivity index (χ1) is 8.93. The fourth-order valence-electron chi connectivity index (χ4n) is 1.73. The van der Waals surface area contributed by atoms with E-state index in [1.54, 1.807) is 7.11 Å². The Kier molecular flexibility index (Phi) is 5.83. The molecule has 1 aromatic rings. The lowest BCUT2D eigenvalue weighted by Crippen LogP contribution is -2.35. The first-order valence-corrected chi connectivity index (χ1v) is 6.63. The Morgan fingerprint density at radius 1 is 1.26 bits per heavy atom. The van der Waals surface area contributed by atoms with E-state index in [-0.39, 0.29) is 18.0 Å². The van der Waals surface area contributed by atoms with Crippen LogP contribution in [-0.2, 0) is 4.79 Å². The quantitative estimate of drug-likeness (QED) is 0.828. The lowest BCUT2D eigenvalue weighted by atomic mass is 10.0. The highest BCUT2D eigenvalue weighted by atomic mass is 16.5. The van der Waals surface area contributed by atoms with E-state index in [2.05, 4.69) is 5.32 Å². The first-order valence-electron chi connectivity index (χ1n) is 6.63. The number of methoxy groups -OCH3 is 1. The normalized spacial score (nSPS) is 14.0. The summed E-state index contributed by atoms with van der Waals surface area (Å²) in [6, 6.07) is 7.55. The van der Waals surface area contributed by atoms with Gasteiger partial charge in [0.15, 0.2) is 0 Å². The predicted molar refractivity (Wildman–Crippen MR) is 77.0 cm³/mol. The molecule has 0 radical (unpaired) electrons. The molecule has 0 aromatic heterocycles. The smallest absolute Gasteiger partial charge is 0.222 e. The zero-order chi connectivity index (χ0) is 14.4. The van der Waals surface area contributed by atoms with Crippen molar-refractivity contribution in [2.24, 2.45) is 11.7 Å². The molecule has 19 heavy (non-hydrogen) atoms. The minimum absolute atomic E-state index is 0.00971. The van der Waals surface area contributed by atoms with Gasteiger partial charge < -0.3 is 15.8 Å². The molecule has 106 valence electrons. The molecule has 2 unspecified atom stereocenters. The summed E-state index contributed by atoms with van der Waals surface area (Å²) >= 11 is 0. The minimum atomic E-state index is -0.0944. The molecule has 0 aliphatic rings. The first kappa shape index (κ1) is 15.5. The number of carbonyl (C=O) groups excluding carboxylic acids is 1. The predicted octanol–water partition coefficient (Wildman–Crippen LogP) is 2.25. The van der Waals surface area contributed by atoms with Crippen LogP contribution in [0, 0.1) is 5.92 Å². The molecule has 0 fully saturated rings. The van der Waals surface area contributed by atoms with Gasteiger partial charge in [-0.25, -0.2) is 0 Å². The van der Waals surface area contributed by atoms with E-state index < -0.39 is 0 Å². The van der Waals surface area contributed by atoms with Gasteiger partial charge in [0.1, 0.15) is 5.75 Å². The average molecular weight is 264 g/mol. The summed E-state index contributed by atoms with van der Waals surface area (Å²) in [6.45, 7) is 6.00. The number of carbonyl (C=O) groups is 1. The van der Waals surface area contributed by atoms with Crippen LogP contribution in [0.15, 0.2) is 24.3 Å². The van der Waals surface area contributed by atoms with Gasteiger partial charge in [-0.1, -0.05) is 26.0 Å². The number of amides is 1. The molecule has 4 nitrogen and oxygen atoms in total. The van der Waals surface area contributed by atoms with Crippen LogP contribution in [0.2, 0.25) is 0 Å². The SMILES string of the molecule is COc1ccc(C(C)NC(=O)CC(N)C(C)C)cc1. The maximum absolute atomic E-state index is 11.8. The third-order valence-electron chi connectivity index (χ3n) is 3.27. The van der Waals surface area contributed by atoms with Crippen LogP contribution in [0.25, 0.3) is 0 Å². The van der Waals surface area contributed by atoms with Crippen molar-refractivity contribution in [3.8, 4) is 5.75 Å². The molecule has 3 N–H and O–H groups in total. The largest absolute Gasteiger partial charge is 0.497 e. The topological polar surface area (TPSA) is 64.3 Å². The van der Waals surface area contributed by atoms with Gasteiger partial charge in [0, 0.05) is 12.5 Å². The van der Waals surface area contributed by atoms with E-state index in [1.165, 1.54) is 0 Å². The Labute approximate surface area is 115 Å². The number of hydrogen-bond donors (Lipinski definition) is 2. The molecule has 0 bridgehead atoms. The number of ether oxygens (including phenoxy) is 1. The molecule has 2 atom stereocenters. The number of hydrogen-bond acceptors (Lipinski definition) is 3. The van der Waals surface area contributed by atoms with Crippen LogP contribution in [0.1, 0.15) is 38.8 Å². The van der Waals surface area contributed by atoms with Gasteiger partial charge in [-0.05, 0) is 30.5 Å². The van der Waals surface area contributed by atoms with Crippen molar-refractivity contribution >= 4 is 5.91 Å². The third kappa shape index (κ3) is 4.91. The van der Waals surface area contributed by atoms with Crippen molar-refractivity contribution < 1.29 is 9.53 Å². The van der Waals surface area contributed by atoms with Crippen molar-refractivity contribution in [2.45, 2.75) is 39.3 Å². The van der Waals surface area contributed by atoms with E-state index >= 15 is 0 Å². The van der Waals surface area contributed by atoms with E-state index in [0.717, 1.165) is 11.3 Å². The van der Waals surface area contributed by atoms with Gasteiger partial charge >= 0.3 is 0 Å². The second-order valence-corrected chi connectivity index (χ2v) is 5.17. The molecule has 0 saturated heterocycles. The maximum atomic E-state index is 11.8. The van der Waals surface area contributed by atoms with Gasteiger partial charge in [-0.15, -0.1) is 0 Å². The number of rotatable bonds is 6. The van der Waals surface area contributed by atoms with Crippen molar-refractivity contribution in [3.05, 3.63) is 29.8 Å². The second kappa shape index (κ2) is 7.14. The molecule has 1 rings (SSSR count). The van der Waals surface area contributed by atoms with Crippen molar-refractivity contribution in [1.82, 2.24) is 5.32 Å².